The summed E-state index contributed by atoms with van der Waals surface area (Å²) in [6.45, 7) is 0.269. The maximum atomic E-state index is 13.5. The molecule has 0 spiro atoms. The van der Waals surface area contributed by atoms with E-state index < -0.39 is 11.8 Å². The molecule has 98 valence electrons. The molecule has 0 aliphatic carbocycles. The molecule has 1 aliphatic rings. The molecule has 0 fully saturated rings. The summed E-state index contributed by atoms with van der Waals surface area (Å²) in [5, 5.41) is 12.2. The van der Waals surface area contributed by atoms with Gasteiger partial charge in [-0.05, 0) is 12.1 Å². The highest BCUT2D eigenvalue weighted by atomic mass is 19.1. The number of hydrogen-bond donors (Lipinski definition) is 1. The quantitative estimate of drug-likeness (QED) is 0.894. The molecule has 1 N–H and O–H groups in total. The molecule has 2 heterocycles. The van der Waals surface area contributed by atoms with Gasteiger partial charge in [0.1, 0.15) is 11.6 Å². The Balaban J connectivity index is 2.12. The topological polar surface area (TPSA) is 81.8 Å². The monoisotopic (exact) mass is 265 g/mol. The number of carboxylic acids is 1. The van der Waals surface area contributed by atoms with Crippen LogP contribution in [0.2, 0.25) is 0 Å². The Morgan fingerprint density at radius 3 is 2.95 bits per heavy atom. The van der Waals surface area contributed by atoms with Crippen molar-refractivity contribution in [3.8, 4) is 17.1 Å². The molecule has 0 atom stereocenters. The van der Waals surface area contributed by atoms with E-state index in [1.807, 2.05) is 0 Å². The van der Waals surface area contributed by atoms with Gasteiger partial charge in [0.25, 0.3) is 0 Å². The number of carbonyl (C=O) groups is 1. The summed E-state index contributed by atoms with van der Waals surface area (Å²) >= 11 is 0. The second kappa shape index (κ2) is 4.36. The van der Waals surface area contributed by atoms with Crippen molar-refractivity contribution in [2.24, 2.45) is 0 Å². The second-order valence-electron chi connectivity index (χ2n) is 3.93. The van der Waals surface area contributed by atoms with Gasteiger partial charge >= 0.3 is 5.97 Å². The fraction of sp³-hybridized carbons (Fsp3) is 0.167. The van der Waals surface area contributed by atoms with Crippen molar-refractivity contribution >= 4 is 5.97 Å². The standard InChI is InChI=1S/C12H8FNO5/c13-7-1-6-4-17-5-18-11(6)8(2-7)10-3-9(12(15)16)14-19-10/h1-3H,4-5H2,(H,15,16). The van der Waals surface area contributed by atoms with Crippen LogP contribution in [0.1, 0.15) is 16.1 Å². The summed E-state index contributed by atoms with van der Waals surface area (Å²) in [6.07, 6.45) is 0. The molecule has 2 aromatic rings. The maximum Gasteiger partial charge on any atom is 0.358 e. The predicted octanol–water partition coefficient (Wildman–Crippen LogP) is 2.05. The van der Waals surface area contributed by atoms with Gasteiger partial charge in [-0.1, -0.05) is 5.16 Å². The number of benzene rings is 1. The van der Waals surface area contributed by atoms with Crippen molar-refractivity contribution in [2.75, 3.05) is 6.79 Å². The zero-order valence-corrected chi connectivity index (χ0v) is 9.55. The van der Waals surface area contributed by atoms with Gasteiger partial charge in [-0.25, -0.2) is 9.18 Å². The molecule has 3 rings (SSSR count). The minimum Gasteiger partial charge on any atom is -0.476 e. The Morgan fingerprint density at radius 1 is 1.37 bits per heavy atom. The van der Waals surface area contributed by atoms with Crippen LogP contribution >= 0.6 is 0 Å². The minimum atomic E-state index is -1.22. The van der Waals surface area contributed by atoms with Crippen LogP contribution in [0.3, 0.4) is 0 Å². The smallest absolute Gasteiger partial charge is 0.358 e. The highest BCUT2D eigenvalue weighted by Crippen LogP contribution is 2.36. The van der Waals surface area contributed by atoms with Crippen molar-refractivity contribution < 1.29 is 28.3 Å². The molecule has 0 radical (unpaired) electrons. The van der Waals surface area contributed by atoms with Crippen LogP contribution in [0.15, 0.2) is 22.7 Å². The van der Waals surface area contributed by atoms with Crippen molar-refractivity contribution in [3.63, 3.8) is 0 Å². The molecule has 1 aromatic heterocycles. The second-order valence-corrected chi connectivity index (χ2v) is 3.93. The van der Waals surface area contributed by atoms with E-state index in [1.165, 1.54) is 18.2 Å². The molecule has 0 amide bonds. The van der Waals surface area contributed by atoms with Crippen molar-refractivity contribution in [1.29, 1.82) is 0 Å². The molecular weight excluding hydrogens is 257 g/mol. The summed E-state index contributed by atoms with van der Waals surface area (Å²) < 4.78 is 28.8. The number of carboxylic acid groups (broad SMARTS) is 1. The highest BCUT2D eigenvalue weighted by molar-refractivity contribution is 5.86. The van der Waals surface area contributed by atoms with Crippen molar-refractivity contribution in [3.05, 3.63) is 35.3 Å². The van der Waals surface area contributed by atoms with E-state index in [-0.39, 0.29) is 24.9 Å². The Bertz CT molecular complexity index is 652. The number of fused-ring (bicyclic) bond motifs is 1. The normalized spacial score (nSPS) is 13.7. The molecule has 19 heavy (non-hydrogen) atoms. The van der Waals surface area contributed by atoms with Crippen LogP contribution in [0.5, 0.6) is 5.75 Å². The Hall–Kier alpha value is -2.41. The summed E-state index contributed by atoms with van der Waals surface area (Å²) in [5.41, 5.74) is 0.605. The first-order chi connectivity index (χ1) is 9.15. The van der Waals surface area contributed by atoms with Gasteiger partial charge in [-0.2, -0.15) is 0 Å². The van der Waals surface area contributed by atoms with E-state index in [9.17, 15) is 9.18 Å². The minimum absolute atomic E-state index is 0.0472. The lowest BCUT2D eigenvalue weighted by molar-refractivity contribution is -0.0162. The van der Waals surface area contributed by atoms with E-state index in [0.29, 0.717) is 16.9 Å². The molecular formula is C12H8FNO5. The number of rotatable bonds is 2. The summed E-state index contributed by atoms with van der Waals surface area (Å²) in [5.74, 6) is -1.16. The first-order valence-electron chi connectivity index (χ1n) is 5.38. The molecule has 1 aliphatic heterocycles. The van der Waals surface area contributed by atoms with Crippen LogP contribution in [-0.4, -0.2) is 23.0 Å². The zero-order chi connectivity index (χ0) is 13.4. The number of ether oxygens (including phenoxy) is 2. The number of aromatic carboxylic acids is 1. The first-order valence-corrected chi connectivity index (χ1v) is 5.38. The Morgan fingerprint density at radius 2 is 2.21 bits per heavy atom. The van der Waals surface area contributed by atoms with E-state index >= 15 is 0 Å². The number of nitrogens with zero attached hydrogens (tertiary/aromatic N) is 1. The highest BCUT2D eigenvalue weighted by Gasteiger charge is 2.22. The van der Waals surface area contributed by atoms with Crippen molar-refractivity contribution in [2.45, 2.75) is 6.61 Å². The Labute approximate surface area is 106 Å². The van der Waals surface area contributed by atoms with Gasteiger partial charge in [0, 0.05) is 11.6 Å². The largest absolute Gasteiger partial charge is 0.476 e. The summed E-state index contributed by atoms with van der Waals surface area (Å²) in [6, 6.07) is 3.72. The first kappa shape index (κ1) is 11.7. The third kappa shape index (κ3) is 2.04. The van der Waals surface area contributed by atoms with Gasteiger partial charge in [0.2, 0.25) is 0 Å². The number of halogens is 1. The summed E-state index contributed by atoms with van der Waals surface area (Å²) in [4.78, 5) is 10.8. The zero-order valence-electron chi connectivity index (χ0n) is 9.55. The molecule has 6 nitrogen and oxygen atoms in total. The van der Waals surface area contributed by atoms with E-state index in [1.54, 1.807) is 0 Å². The van der Waals surface area contributed by atoms with Crippen LogP contribution in [-0.2, 0) is 11.3 Å². The lowest BCUT2D eigenvalue weighted by Gasteiger charge is -2.19. The van der Waals surface area contributed by atoms with Gasteiger partial charge in [-0.3, -0.25) is 0 Å². The lowest BCUT2D eigenvalue weighted by atomic mass is 10.1. The average Bonchev–Trinajstić information content (AvgIpc) is 2.87. The van der Waals surface area contributed by atoms with Crippen LogP contribution in [0.25, 0.3) is 11.3 Å². The average molecular weight is 265 g/mol. The predicted molar refractivity (Wildman–Crippen MR) is 59.1 cm³/mol. The molecule has 0 unspecified atom stereocenters. The van der Waals surface area contributed by atoms with Crippen molar-refractivity contribution in [1.82, 2.24) is 5.16 Å². The van der Waals surface area contributed by atoms with Crippen LogP contribution in [0.4, 0.5) is 4.39 Å². The van der Waals surface area contributed by atoms with Gasteiger partial charge in [0.15, 0.2) is 18.2 Å². The molecule has 1 aromatic carbocycles. The van der Waals surface area contributed by atoms with Gasteiger partial charge in [-0.15, -0.1) is 0 Å². The van der Waals surface area contributed by atoms with Crippen LogP contribution < -0.4 is 4.74 Å². The Kier molecular flexibility index (Phi) is 2.68. The van der Waals surface area contributed by atoms with E-state index in [0.717, 1.165) is 0 Å². The lowest BCUT2D eigenvalue weighted by Crippen LogP contribution is -2.12. The van der Waals surface area contributed by atoms with E-state index in [2.05, 4.69) is 5.16 Å². The third-order valence-corrected chi connectivity index (χ3v) is 2.67. The maximum absolute atomic E-state index is 13.5. The molecule has 7 heteroatoms. The van der Waals surface area contributed by atoms with Gasteiger partial charge in [0.05, 0.1) is 12.2 Å². The van der Waals surface area contributed by atoms with E-state index in [4.69, 9.17) is 19.1 Å². The number of aromatic nitrogens is 1. The fourth-order valence-corrected chi connectivity index (χ4v) is 1.87. The van der Waals surface area contributed by atoms with Gasteiger partial charge < -0.3 is 19.1 Å². The molecule has 0 saturated carbocycles. The third-order valence-electron chi connectivity index (χ3n) is 2.67. The fourth-order valence-electron chi connectivity index (χ4n) is 1.87. The SMILES string of the molecule is O=C(O)c1cc(-c2cc(F)cc3c2OCOC3)on1. The molecule has 0 saturated heterocycles. The summed E-state index contributed by atoms with van der Waals surface area (Å²) in [7, 11) is 0. The molecule has 0 bridgehead atoms. The van der Waals surface area contributed by atoms with Crippen LogP contribution in [0, 0.1) is 5.82 Å². The number of hydrogen-bond acceptors (Lipinski definition) is 5.